The SMILES string of the molecule is Cc1cc(C)c(-n2c3ccccc3c3cc(-c4cc(C)c5c6ccccc6n(-c6ccc(-c7ccc(N(c8ccccc8)c8ccccc8)cc7)cc6)c5c4)ccc32)c(C)c1. The van der Waals surface area contributed by atoms with Gasteiger partial charge in [0, 0.05) is 44.3 Å². The first kappa shape index (κ1) is 36.5. The largest absolute Gasteiger partial charge is 0.311 e. The van der Waals surface area contributed by atoms with Crippen molar-refractivity contribution >= 4 is 60.7 Å². The zero-order valence-electron chi connectivity index (χ0n) is 34.9. The van der Waals surface area contributed by atoms with Crippen LogP contribution in [0.4, 0.5) is 17.1 Å². The Bertz CT molecular complexity index is 3360. The maximum Gasteiger partial charge on any atom is 0.0549 e. The molecular weight excluding hydrogens is 739 g/mol. The summed E-state index contributed by atoms with van der Waals surface area (Å²) >= 11 is 0. The van der Waals surface area contributed by atoms with E-state index in [4.69, 9.17) is 0 Å². The summed E-state index contributed by atoms with van der Waals surface area (Å²) in [6.45, 7) is 8.92. The predicted molar refractivity (Wildman–Crippen MR) is 260 cm³/mol. The van der Waals surface area contributed by atoms with Crippen LogP contribution in [0.2, 0.25) is 0 Å². The second kappa shape index (κ2) is 14.6. The van der Waals surface area contributed by atoms with Crippen LogP contribution in [-0.2, 0) is 0 Å². The van der Waals surface area contributed by atoms with Crippen molar-refractivity contribution in [2.75, 3.05) is 4.90 Å². The van der Waals surface area contributed by atoms with Crippen molar-refractivity contribution in [2.24, 2.45) is 0 Å². The maximum absolute atomic E-state index is 2.47. The lowest BCUT2D eigenvalue weighted by molar-refractivity contribution is 1.11. The van der Waals surface area contributed by atoms with Crippen molar-refractivity contribution in [3.63, 3.8) is 0 Å². The molecule has 0 saturated heterocycles. The van der Waals surface area contributed by atoms with Gasteiger partial charge in [0.25, 0.3) is 0 Å². The molecule has 2 heterocycles. The fourth-order valence-corrected chi connectivity index (χ4v) is 9.88. The fraction of sp³-hybridized carbons (Fsp3) is 0.0690. The van der Waals surface area contributed by atoms with Gasteiger partial charge in [-0.3, -0.25) is 0 Å². The molecule has 0 aliphatic rings. The van der Waals surface area contributed by atoms with Crippen LogP contribution in [0.1, 0.15) is 22.3 Å². The van der Waals surface area contributed by atoms with E-state index in [9.17, 15) is 0 Å². The highest BCUT2D eigenvalue weighted by Crippen LogP contribution is 2.41. The summed E-state index contributed by atoms with van der Waals surface area (Å²) in [7, 11) is 0. The smallest absolute Gasteiger partial charge is 0.0549 e. The van der Waals surface area contributed by atoms with Crippen molar-refractivity contribution in [3.8, 4) is 33.6 Å². The minimum atomic E-state index is 1.12. The van der Waals surface area contributed by atoms with Crippen LogP contribution >= 0.6 is 0 Å². The standard InChI is InChI=1S/C58H45N3/c1-38-33-40(3)58(41(4)34-38)61-53-21-13-11-19-50(53)52-36-44(27-32-55(52)61)45-35-39(2)57-51-20-12-14-22-54(51)60(56(57)37-45)49-30-25-43(26-31-49)42-23-28-48(29-24-42)59(46-15-7-5-8-16-46)47-17-9-6-10-18-47/h5-37H,1-4H3. The molecule has 0 bridgehead atoms. The maximum atomic E-state index is 2.47. The number of para-hydroxylation sites is 4. The van der Waals surface area contributed by atoms with Crippen LogP contribution in [0.25, 0.3) is 77.2 Å². The Balaban J connectivity index is 0.995. The Morgan fingerprint density at radius 3 is 1.48 bits per heavy atom. The third-order valence-electron chi connectivity index (χ3n) is 12.4. The lowest BCUT2D eigenvalue weighted by atomic mass is 9.98. The minimum absolute atomic E-state index is 1.12. The number of hydrogen-bond donors (Lipinski definition) is 0. The summed E-state index contributed by atoms with van der Waals surface area (Å²) in [6, 6.07) is 73.2. The summed E-state index contributed by atoms with van der Waals surface area (Å²) < 4.78 is 4.91. The van der Waals surface area contributed by atoms with Gasteiger partial charge in [0.05, 0.1) is 27.8 Å². The number of rotatable bonds is 7. The van der Waals surface area contributed by atoms with Crippen molar-refractivity contribution in [2.45, 2.75) is 27.7 Å². The topological polar surface area (TPSA) is 13.1 Å². The highest BCUT2D eigenvalue weighted by Gasteiger charge is 2.19. The Morgan fingerprint density at radius 2 is 0.836 bits per heavy atom. The monoisotopic (exact) mass is 783 g/mol. The second-order valence-corrected chi connectivity index (χ2v) is 16.5. The van der Waals surface area contributed by atoms with E-state index in [0.29, 0.717) is 0 Å². The van der Waals surface area contributed by atoms with Crippen LogP contribution in [0, 0.1) is 27.7 Å². The number of anilines is 3. The highest BCUT2D eigenvalue weighted by molar-refractivity contribution is 6.13. The van der Waals surface area contributed by atoms with Gasteiger partial charge in [-0.2, -0.15) is 0 Å². The van der Waals surface area contributed by atoms with Crippen LogP contribution < -0.4 is 4.90 Å². The number of fused-ring (bicyclic) bond motifs is 6. The summed E-state index contributed by atoms with van der Waals surface area (Å²) in [5.41, 5.74) is 20.6. The van der Waals surface area contributed by atoms with E-state index >= 15 is 0 Å². The van der Waals surface area contributed by atoms with Gasteiger partial charge in [-0.05, 0) is 146 Å². The van der Waals surface area contributed by atoms with Gasteiger partial charge >= 0.3 is 0 Å². The zero-order chi connectivity index (χ0) is 41.2. The zero-order valence-corrected chi connectivity index (χ0v) is 34.9. The second-order valence-electron chi connectivity index (χ2n) is 16.5. The van der Waals surface area contributed by atoms with Crippen molar-refractivity contribution < 1.29 is 0 Å². The van der Waals surface area contributed by atoms with Gasteiger partial charge in [-0.1, -0.05) is 127 Å². The van der Waals surface area contributed by atoms with E-state index in [1.54, 1.807) is 0 Å². The van der Waals surface area contributed by atoms with E-state index in [1.807, 2.05) is 0 Å². The molecule has 0 radical (unpaired) electrons. The predicted octanol–water partition coefficient (Wildman–Crippen LogP) is 15.9. The van der Waals surface area contributed by atoms with E-state index in [2.05, 4.69) is 242 Å². The molecule has 0 aliphatic heterocycles. The van der Waals surface area contributed by atoms with E-state index in [1.165, 1.54) is 93.8 Å². The number of hydrogen-bond acceptors (Lipinski definition) is 1. The first-order chi connectivity index (χ1) is 29.9. The summed E-state index contributed by atoms with van der Waals surface area (Å²) in [5, 5.41) is 5.10. The molecule has 3 nitrogen and oxygen atoms in total. The Hall–Kier alpha value is -7.62. The Labute approximate surface area is 357 Å². The number of aryl methyl sites for hydroxylation is 4. The number of aromatic nitrogens is 2. The van der Waals surface area contributed by atoms with Gasteiger partial charge < -0.3 is 14.0 Å². The van der Waals surface area contributed by atoms with E-state index < -0.39 is 0 Å². The molecule has 0 spiro atoms. The molecule has 3 heteroatoms. The fourth-order valence-electron chi connectivity index (χ4n) is 9.88. The number of benzene rings is 9. The summed E-state index contributed by atoms with van der Waals surface area (Å²) in [4.78, 5) is 2.30. The first-order valence-corrected chi connectivity index (χ1v) is 21.2. The van der Waals surface area contributed by atoms with Gasteiger partial charge in [-0.25, -0.2) is 0 Å². The molecule has 0 aliphatic carbocycles. The molecule has 9 aromatic carbocycles. The molecule has 0 fully saturated rings. The van der Waals surface area contributed by atoms with E-state index in [0.717, 1.165) is 22.7 Å². The van der Waals surface area contributed by atoms with Gasteiger partial charge in [0.15, 0.2) is 0 Å². The third-order valence-corrected chi connectivity index (χ3v) is 12.4. The molecule has 11 rings (SSSR count). The molecule has 0 saturated carbocycles. The first-order valence-electron chi connectivity index (χ1n) is 21.2. The average Bonchev–Trinajstić information content (AvgIpc) is 3.80. The van der Waals surface area contributed by atoms with Crippen molar-refractivity contribution in [1.29, 1.82) is 0 Å². The van der Waals surface area contributed by atoms with Crippen molar-refractivity contribution in [1.82, 2.24) is 9.13 Å². The lowest BCUT2D eigenvalue weighted by Crippen LogP contribution is -2.09. The van der Waals surface area contributed by atoms with Gasteiger partial charge in [0.1, 0.15) is 0 Å². The highest BCUT2D eigenvalue weighted by atomic mass is 15.1. The molecule has 61 heavy (non-hydrogen) atoms. The number of nitrogens with zero attached hydrogens (tertiary/aromatic N) is 3. The van der Waals surface area contributed by atoms with Gasteiger partial charge in [-0.15, -0.1) is 0 Å². The molecule has 0 N–H and O–H groups in total. The third kappa shape index (κ3) is 6.12. The normalized spacial score (nSPS) is 11.6. The summed E-state index contributed by atoms with van der Waals surface area (Å²) in [6.07, 6.45) is 0. The van der Waals surface area contributed by atoms with Crippen LogP contribution in [0.3, 0.4) is 0 Å². The molecular formula is C58H45N3. The Kier molecular flexibility index (Phi) is 8.72. The molecule has 0 amide bonds. The molecule has 292 valence electrons. The molecule has 2 aromatic heterocycles. The minimum Gasteiger partial charge on any atom is -0.311 e. The van der Waals surface area contributed by atoms with E-state index in [-0.39, 0.29) is 0 Å². The molecule has 0 atom stereocenters. The van der Waals surface area contributed by atoms with Crippen molar-refractivity contribution in [3.05, 3.63) is 222 Å². The van der Waals surface area contributed by atoms with Crippen LogP contribution in [0.5, 0.6) is 0 Å². The summed E-state index contributed by atoms with van der Waals surface area (Å²) in [5.74, 6) is 0. The average molecular weight is 784 g/mol. The van der Waals surface area contributed by atoms with Gasteiger partial charge in [0.2, 0.25) is 0 Å². The lowest BCUT2D eigenvalue weighted by Gasteiger charge is -2.25. The van der Waals surface area contributed by atoms with Crippen LogP contribution in [-0.4, -0.2) is 9.13 Å². The quantitative estimate of drug-likeness (QED) is 0.157. The molecule has 11 aromatic rings. The Morgan fingerprint density at radius 1 is 0.328 bits per heavy atom. The van der Waals surface area contributed by atoms with Crippen LogP contribution in [0.15, 0.2) is 200 Å². The molecule has 0 unspecified atom stereocenters.